The van der Waals surface area contributed by atoms with Crippen LogP contribution in [-0.2, 0) is 11.3 Å². The molecule has 0 aliphatic carbocycles. The molecule has 2 aliphatic rings. The standard InChI is InChI=1S/C27H25N3O2/c28-16-20-6-8-22(9-7-20)23-10-12-25(13-11-23)30-15-14-24-17-29(18-26(24)30)27(31)32-19-21-4-2-1-3-5-21/h1-13,24,26H,14-15,17-19H2/t24-,26+/m1/s1. The van der Waals surface area contributed by atoms with E-state index < -0.39 is 0 Å². The lowest BCUT2D eigenvalue weighted by Gasteiger charge is -2.27. The molecule has 3 aromatic rings. The van der Waals surface area contributed by atoms with E-state index in [1.54, 1.807) is 0 Å². The molecular weight excluding hydrogens is 398 g/mol. The Morgan fingerprint density at radius 3 is 2.31 bits per heavy atom. The summed E-state index contributed by atoms with van der Waals surface area (Å²) in [6, 6.07) is 28.5. The van der Waals surface area contributed by atoms with Gasteiger partial charge in [0.1, 0.15) is 6.61 Å². The summed E-state index contributed by atoms with van der Waals surface area (Å²) in [5, 5.41) is 8.98. The van der Waals surface area contributed by atoms with Gasteiger partial charge in [-0.15, -0.1) is 0 Å². The Morgan fingerprint density at radius 1 is 0.938 bits per heavy atom. The van der Waals surface area contributed by atoms with Crippen LogP contribution in [0.25, 0.3) is 11.1 Å². The summed E-state index contributed by atoms with van der Waals surface area (Å²) >= 11 is 0. The number of carbonyl (C=O) groups excluding carboxylic acids is 1. The Morgan fingerprint density at radius 2 is 1.62 bits per heavy atom. The predicted molar refractivity (Wildman–Crippen MR) is 124 cm³/mol. The molecule has 2 atom stereocenters. The van der Waals surface area contributed by atoms with E-state index in [4.69, 9.17) is 10.00 Å². The van der Waals surface area contributed by atoms with Gasteiger partial charge in [-0.25, -0.2) is 4.79 Å². The van der Waals surface area contributed by atoms with Crippen LogP contribution in [0.5, 0.6) is 0 Å². The molecule has 0 saturated carbocycles. The normalized spacial score (nSPS) is 19.5. The van der Waals surface area contributed by atoms with Crippen molar-refractivity contribution in [2.75, 3.05) is 24.5 Å². The van der Waals surface area contributed by atoms with Crippen molar-refractivity contribution in [3.8, 4) is 17.2 Å². The second-order valence-electron chi connectivity index (χ2n) is 8.49. The molecule has 2 fully saturated rings. The van der Waals surface area contributed by atoms with Gasteiger partial charge in [-0.1, -0.05) is 54.6 Å². The summed E-state index contributed by atoms with van der Waals surface area (Å²) in [5.74, 6) is 0.484. The van der Waals surface area contributed by atoms with Crippen LogP contribution in [0.2, 0.25) is 0 Å². The summed E-state index contributed by atoms with van der Waals surface area (Å²) in [6.45, 7) is 2.79. The fourth-order valence-corrected chi connectivity index (χ4v) is 4.82. The molecular formula is C27H25N3O2. The zero-order chi connectivity index (χ0) is 21.9. The van der Waals surface area contributed by atoms with Crippen molar-refractivity contribution in [2.45, 2.75) is 19.1 Å². The average Bonchev–Trinajstić information content (AvgIpc) is 3.45. The highest BCUT2D eigenvalue weighted by molar-refractivity contribution is 5.69. The van der Waals surface area contributed by atoms with Crippen molar-refractivity contribution < 1.29 is 9.53 Å². The topological polar surface area (TPSA) is 56.6 Å². The number of amides is 1. The molecule has 0 aromatic heterocycles. The van der Waals surface area contributed by atoms with E-state index in [-0.39, 0.29) is 6.09 Å². The highest BCUT2D eigenvalue weighted by atomic mass is 16.6. The first-order chi connectivity index (χ1) is 15.7. The van der Waals surface area contributed by atoms with Crippen molar-refractivity contribution in [1.82, 2.24) is 4.90 Å². The van der Waals surface area contributed by atoms with E-state index in [1.807, 2.05) is 59.5 Å². The van der Waals surface area contributed by atoms with Crippen LogP contribution in [0.3, 0.4) is 0 Å². The van der Waals surface area contributed by atoms with Gasteiger partial charge in [0, 0.05) is 31.2 Å². The highest BCUT2D eigenvalue weighted by Gasteiger charge is 2.43. The fraction of sp³-hybridized carbons (Fsp3) is 0.259. The molecule has 0 radical (unpaired) electrons. The van der Waals surface area contributed by atoms with Crippen LogP contribution in [0, 0.1) is 17.2 Å². The minimum absolute atomic E-state index is 0.223. The molecule has 0 unspecified atom stereocenters. The quantitative estimate of drug-likeness (QED) is 0.588. The number of likely N-dealkylation sites (tertiary alicyclic amines) is 1. The summed E-state index contributed by atoms with van der Waals surface area (Å²) < 4.78 is 5.55. The molecule has 0 spiro atoms. The number of hydrogen-bond acceptors (Lipinski definition) is 4. The maximum Gasteiger partial charge on any atom is 0.410 e. The number of nitriles is 1. The van der Waals surface area contributed by atoms with E-state index >= 15 is 0 Å². The van der Waals surface area contributed by atoms with Crippen LogP contribution < -0.4 is 4.90 Å². The minimum atomic E-state index is -0.223. The first-order valence-corrected chi connectivity index (χ1v) is 11.0. The van der Waals surface area contributed by atoms with Gasteiger partial charge in [0.2, 0.25) is 0 Å². The number of benzene rings is 3. The van der Waals surface area contributed by atoms with E-state index in [2.05, 4.69) is 35.2 Å². The third kappa shape index (κ3) is 4.04. The van der Waals surface area contributed by atoms with E-state index in [1.165, 1.54) is 5.69 Å². The number of rotatable bonds is 4. The first kappa shape index (κ1) is 20.1. The van der Waals surface area contributed by atoms with Crippen LogP contribution >= 0.6 is 0 Å². The molecule has 0 N–H and O–H groups in total. The Balaban J connectivity index is 1.22. The third-order valence-corrected chi connectivity index (χ3v) is 6.56. The molecule has 32 heavy (non-hydrogen) atoms. The van der Waals surface area contributed by atoms with E-state index in [9.17, 15) is 4.79 Å². The van der Waals surface area contributed by atoms with Gasteiger partial charge in [0.05, 0.1) is 17.7 Å². The number of nitrogens with zero attached hydrogens (tertiary/aromatic N) is 3. The first-order valence-electron chi connectivity index (χ1n) is 11.0. The Hall–Kier alpha value is -3.78. The molecule has 2 aliphatic heterocycles. The van der Waals surface area contributed by atoms with Gasteiger partial charge in [-0.3, -0.25) is 0 Å². The van der Waals surface area contributed by atoms with Crippen molar-refractivity contribution in [3.63, 3.8) is 0 Å². The van der Waals surface area contributed by atoms with E-state index in [0.717, 1.165) is 36.2 Å². The molecule has 3 aromatic carbocycles. The van der Waals surface area contributed by atoms with Gasteiger partial charge in [-0.05, 0) is 47.4 Å². The number of ether oxygens (including phenoxy) is 1. The summed E-state index contributed by atoms with van der Waals surface area (Å²) in [7, 11) is 0. The monoisotopic (exact) mass is 423 g/mol. The molecule has 160 valence electrons. The van der Waals surface area contributed by atoms with Gasteiger partial charge in [-0.2, -0.15) is 5.26 Å². The van der Waals surface area contributed by atoms with Gasteiger partial charge < -0.3 is 14.5 Å². The van der Waals surface area contributed by atoms with Crippen LogP contribution in [-0.4, -0.2) is 36.7 Å². The zero-order valence-electron chi connectivity index (χ0n) is 17.9. The number of anilines is 1. The SMILES string of the molecule is N#Cc1ccc(-c2ccc(N3CC[C@@H]4CN(C(=O)OCc5ccccc5)C[C@@H]43)cc2)cc1. The second-order valence-corrected chi connectivity index (χ2v) is 8.49. The number of fused-ring (bicyclic) bond motifs is 1. The zero-order valence-corrected chi connectivity index (χ0v) is 17.9. The maximum absolute atomic E-state index is 12.6. The Kier molecular flexibility index (Phi) is 5.51. The smallest absolute Gasteiger partial charge is 0.410 e. The molecule has 2 saturated heterocycles. The number of hydrogen-bond donors (Lipinski definition) is 0. The predicted octanol–water partition coefficient (Wildman–Crippen LogP) is 5.07. The van der Waals surface area contributed by atoms with Crippen molar-refractivity contribution in [2.24, 2.45) is 5.92 Å². The molecule has 5 rings (SSSR count). The summed E-state index contributed by atoms with van der Waals surface area (Å²) in [5.41, 5.74) is 5.09. The van der Waals surface area contributed by atoms with Crippen LogP contribution in [0.15, 0.2) is 78.9 Å². The lowest BCUT2D eigenvalue weighted by molar-refractivity contribution is 0.102. The summed E-state index contributed by atoms with van der Waals surface area (Å²) in [6.07, 6.45) is 0.865. The van der Waals surface area contributed by atoms with Gasteiger partial charge in [0.15, 0.2) is 0 Å². The molecule has 0 bridgehead atoms. The van der Waals surface area contributed by atoms with Crippen molar-refractivity contribution in [3.05, 3.63) is 90.0 Å². The maximum atomic E-state index is 12.6. The minimum Gasteiger partial charge on any atom is -0.445 e. The van der Waals surface area contributed by atoms with Crippen molar-refractivity contribution in [1.29, 1.82) is 5.26 Å². The van der Waals surface area contributed by atoms with Gasteiger partial charge in [0.25, 0.3) is 0 Å². The molecule has 1 amide bonds. The fourth-order valence-electron chi connectivity index (χ4n) is 4.82. The van der Waals surface area contributed by atoms with Gasteiger partial charge >= 0.3 is 6.09 Å². The summed E-state index contributed by atoms with van der Waals surface area (Å²) in [4.78, 5) is 16.9. The third-order valence-electron chi connectivity index (χ3n) is 6.56. The molecule has 5 heteroatoms. The largest absolute Gasteiger partial charge is 0.445 e. The Labute approximate surface area is 188 Å². The average molecular weight is 424 g/mol. The molecule has 2 heterocycles. The lowest BCUT2D eigenvalue weighted by Crippen LogP contribution is -2.37. The second kappa shape index (κ2) is 8.76. The van der Waals surface area contributed by atoms with Crippen molar-refractivity contribution >= 4 is 11.8 Å². The van der Waals surface area contributed by atoms with E-state index in [0.29, 0.717) is 30.7 Å². The Bertz CT molecular complexity index is 1120. The molecule has 5 nitrogen and oxygen atoms in total. The lowest BCUT2D eigenvalue weighted by atomic mass is 10.0. The number of carbonyl (C=O) groups is 1. The highest BCUT2D eigenvalue weighted by Crippen LogP contribution is 2.36. The van der Waals surface area contributed by atoms with Crippen LogP contribution in [0.4, 0.5) is 10.5 Å². The van der Waals surface area contributed by atoms with Crippen LogP contribution in [0.1, 0.15) is 17.5 Å².